The Bertz CT molecular complexity index is 408. The molecule has 0 radical (unpaired) electrons. The topological polar surface area (TPSA) is 29.1 Å². The molecule has 0 aliphatic rings. The second kappa shape index (κ2) is 4.51. The van der Waals surface area contributed by atoms with Gasteiger partial charge in [-0.25, -0.2) is 0 Å². The van der Waals surface area contributed by atoms with Gasteiger partial charge in [-0.2, -0.15) is 13.2 Å². The molecule has 7 heteroatoms. The van der Waals surface area contributed by atoms with Gasteiger partial charge in [0.15, 0.2) is 0 Å². The number of hydrogen-bond donors (Lipinski definition) is 1. The van der Waals surface area contributed by atoms with Crippen molar-refractivity contribution < 1.29 is 18.0 Å². The normalized spacial score (nSPS) is 11.4. The second-order valence-corrected chi connectivity index (χ2v) is 3.81. The first-order valence-electron chi connectivity index (χ1n) is 4.05. The van der Waals surface area contributed by atoms with Crippen LogP contribution in [0.1, 0.15) is 12.5 Å². The molecule has 1 N–H and O–H groups in total. The molecule has 0 atom stereocenters. The summed E-state index contributed by atoms with van der Waals surface area (Å²) < 4.78 is 37.0. The van der Waals surface area contributed by atoms with Gasteiger partial charge in [0.25, 0.3) is 0 Å². The molecule has 0 spiro atoms. The van der Waals surface area contributed by atoms with E-state index in [1.165, 1.54) is 6.92 Å². The van der Waals surface area contributed by atoms with E-state index in [1.54, 1.807) is 0 Å². The van der Waals surface area contributed by atoms with Crippen molar-refractivity contribution in [1.82, 2.24) is 0 Å². The third kappa shape index (κ3) is 3.02. The lowest BCUT2D eigenvalue weighted by Crippen LogP contribution is -2.09. The van der Waals surface area contributed by atoms with E-state index in [9.17, 15) is 18.0 Å². The average Bonchev–Trinajstić information content (AvgIpc) is 2.09. The van der Waals surface area contributed by atoms with Crippen molar-refractivity contribution >= 4 is 34.8 Å². The molecule has 0 aliphatic heterocycles. The molecule has 0 saturated heterocycles. The number of amides is 1. The number of carbonyl (C=O) groups excluding carboxylic acids is 1. The third-order valence-electron chi connectivity index (χ3n) is 1.67. The molecule has 1 aromatic carbocycles. The zero-order valence-corrected chi connectivity index (χ0v) is 9.46. The van der Waals surface area contributed by atoms with Crippen LogP contribution < -0.4 is 5.32 Å². The third-order valence-corrected chi connectivity index (χ3v) is 2.27. The average molecular weight is 272 g/mol. The fourth-order valence-electron chi connectivity index (χ4n) is 1.03. The highest BCUT2D eigenvalue weighted by molar-refractivity contribution is 6.39. The lowest BCUT2D eigenvalue weighted by molar-refractivity contribution is -0.137. The molecule has 0 heterocycles. The second-order valence-electron chi connectivity index (χ2n) is 2.99. The highest BCUT2D eigenvalue weighted by Gasteiger charge is 2.32. The number of halogens is 5. The minimum Gasteiger partial charge on any atom is -0.324 e. The maximum absolute atomic E-state index is 12.3. The van der Waals surface area contributed by atoms with Crippen molar-refractivity contribution in [3.8, 4) is 0 Å². The number of anilines is 1. The van der Waals surface area contributed by atoms with Gasteiger partial charge in [0.2, 0.25) is 5.91 Å². The van der Waals surface area contributed by atoms with Crippen LogP contribution in [0.4, 0.5) is 18.9 Å². The van der Waals surface area contributed by atoms with Crippen molar-refractivity contribution in [2.75, 3.05) is 5.32 Å². The van der Waals surface area contributed by atoms with E-state index in [0.29, 0.717) is 12.1 Å². The number of alkyl halides is 3. The van der Waals surface area contributed by atoms with Gasteiger partial charge in [0.05, 0.1) is 21.3 Å². The Labute approximate surface area is 99.3 Å². The summed E-state index contributed by atoms with van der Waals surface area (Å²) in [5.74, 6) is -0.469. The lowest BCUT2D eigenvalue weighted by Gasteiger charge is -2.12. The molecule has 0 fully saturated rings. The van der Waals surface area contributed by atoms with Crippen molar-refractivity contribution in [1.29, 1.82) is 0 Å². The molecule has 2 nitrogen and oxygen atoms in total. The minimum absolute atomic E-state index is 0.0242. The molecule has 0 aliphatic carbocycles. The van der Waals surface area contributed by atoms with Crippen LogP contribution >= 0.6 is 23.2 Å². The van der Waals surface area contributed by atoms with Gasteiger partial charge in [0.1, 0.15) is 0 Å². The number of hydrogen-bond acceptors (Lipinski definition) is 1. The predicted molar refractivity (Wildman–Crippen MR) is 55.8 cm³/mol. The van der Waals surface area contributed by atoms with Crippen molar-refractivity contribution in [3.63, 3.8) is 0 Å². The van der Waals surface area contributed by atoms with Gasteiger partial charge < -0.3 is 5.32 Å². The van der Waals surface area contributed by atoms with Crippen LogP contribution in [0.3, 0.4) is 0 Å². The van der Waals surface area contributed by atoms with Crippen molar-refractivity contribution in [2.24, 2.45) is 0 Å². The van der Waals surface area contributed by atoms with Crippen LogP contribution in [0.15, 0.2) is 12.1 Å². The van der Waals surface area contributed by atoms with E-state index in [1.807, 2.05) is 0 Å². The molecule has 88 valence electrons. The monoisotopic (exact) mass is 271 g/mol. The summed E-state index contributed by atoms with van der Waals surface area (Å²) in [6, 6.07) is 1.41. The van der Waals surface area contributed by atoms with Gasteiger partial charge >= 0.3 is 6.18 Å². The molecule has 0 saturated carbocycles. The summed E-state index contributed by atoms with van der Waals surface area (Å²) in [5, 5.41) is 1.74. The first-order valence-corrected chi connectivity index (χ1v) is 4.81. The Morgan fingerprint density at radius 2 is 1.69 bits per heavy atom. The highest BCUT2D eigenvalue weighted by atomic mass is 35.5. The lowest BCUT2D eigenvalue weighted by atomic mass is 10.2. The molecular weight excluding hydrogens is 266 g/mol. The van der Waals surface area contributed by atoms with E-state index >= 15 is 0 Å². The van der Waals surface area contributed by atoms with Gasteiger partial charge in [-0.05, 0) is 12.1 Å². The van der Waals surface area contributed by atoms with Crippen LogP contribution in [0.2, 0.25) is 10.0 Å². The van der Waals surface area contributed by atoms with Crippen LogP contribution in [-0.4, -0.2) is 5.91 Å². The molecule has 1 rings (SSSR count). The Balaban J connectivity index is 3.23. The Hall–Kier alpha value is -0.940. The number of benzene rings is 1. The van der Waals surface area contributed by atoms with Gasteiger partial charge in [-0.3, -0.25) is 4.79 Å². The molecule has 0 unspecified atom stereocenters. The molecule has 1 amide bonds. The first-order chi connectivity index (χ1) is 7.21. The minimum atomic E-state index is -4.53. The first kappa shape index (κ1) is 13.1. The van der Waals surface area contributed by atoms with Crippen molar-refractivity contribution in [3.05, 3.63) is 27.7 Å². The summed E-state index contributed by atoms with van der Waals surface area (Å²) in [5.41, 5.74) is -0.986. The smallest absolute Gasteiger partial charge is 0.324 e. The van der Waals surface area contributed by atoms with E-state index in [4.69, 9.17) is 23.2 Å². The molecular formula is C9H6Cl2F3NO. The Morgan fingerprint density at radius 3 is 2.00 bits per heavy atom. The molecule has 1 aromatic rings. The standard InChI is InChI=1S/C9H6Cl2F3NO/c1-4(16)15-8-6(10)2-5(3-7(8)11)9(12,13)14/h2-3H,1H3,(H,15,16). The fraction of sp³-hybridized carbons (Fsp3) is 0.222. The summed E-state index contributed by atoms with van der Waals surface area (Å²) >= 11 is 11.2. The van der Waals surface area contributed by atoms with Gasteiger partial charge in [0, 0.05) is 6.92 Å². The van der Waals surface area contributed by atoms with Crippen LogP contribution in [0.25, 0.3) is 0 Å². The summed E-state index contributed by atoms with van der Waals surface area (Å²) in [7, 11) is 0. The summed E-state index contributed by atoms with van der Waals surface area (Å²) in [6.45, 7) is 1.20. The SMILES string of the molecule is CC(=O)Nc1c(Cl)cc(C(F)(F)F)cc1Cl. The van der Waals surface area contributed by atoms with E-state index < -0.39 is 17.6 Å². The van der Waals surface area contributed by atoms with Gasteiger partial charge in [-0.15, -0.1) is 0 Å². The van der Waals surface area contributed by atoms with Crippen molar-refractivity contribution in [2.45, 2.75) is 13.1 Å². The largest absolute Gasteiger partial charge is 0.416 e. The van der Waals surface area contributed by atoms with Gasteiger partial charge in [-0.1, -0.05) is 23.2 Å². The predicted octanol–water partition coefficient (Wildman–Crippen LogP) is 3.97. The summed E-state index contributed by atoms with van der Waals surface area (Å²) in [4.78, 5) is 10.7. The highest BCUT2D eigenvalue weighted by Crippen LogP contribution is 2.38. The molecule has 0 bridgehead atoms. The van der Waals surface area contributed by atoms with Crippen LogP contribution in [-0.2, 0) is 11.0 Å². The molecule has 0 aromatic heterocycles. The van der Waals surface area contributed by atoms with E-state index in [2.05, 4.69) is 5.32 Å². The van der Waals surface area contributed by atoms with Crippen LogP contribution in [0.5, 0.6) is 0 Å². The zero-order valence-electron chi connectivity index (χ0n) is 7.95. The maximum Gasteiger partial charge on any atom is 0.416 e. The van der Waals surface area contributed by atoms with Crippen LogP contribution in [0, 0.1) is 0 Å². The summed E-state index contributed by atoms with van der Waals surface area (Å²) in [6.07, 6.45) is -4.53. The van der Waals surface area contributed by atoms with E-state index in [0.717, 1.165) is 0 Å². The molecule has 16 heavy (non-hydrogen) atoms. The van der Waals surface area contributed by atoms with E-state index in [-0.39, 0.29) is 15.7 Å². The number of carbonyl (C=O) groups is 1. The number of nitrogens with one attached hydrogen (secondary N) is 1. The Kier molecular flexibility index (Phi) is 3.70. The fourth-order valence-corrected chi connectivity index (χ4v) is 1.61. The Morgan fingerprint density at radius 1 is 1.25 bits per heavy atom. The number of rotatable bonds is 1. The quantitative estimate of drug-likeness (QED) is 0.823. The zero-order chi connectivity index (χ0) is 12.5. The maximum atomic E-state index is 12.3.